The highest BCUT2D eigenvalue weighted by atomic mass is 16.5. The zero-order valence-corrected chi connectivity index (χ0v) is 13.7. The molecule has 0 spiro atoms. The Hall–Kier alpha value is -2.37. The molecule has 1 N–H and O–H groups in total. The summed E-state index contributed by atoms with van der Waals surface area (Å²) in [5.74, 6) is -0.808. The second kappa shape index (κ2) is 6.81. The van der Waals surface area contributed by atoms with Gasteiger partial charge in [0, 0.05) is 24.2 Å². The highest BCUT2D eigenvalue weighted by Gasteiger charge is 2.22. The lowest BCUT2D eigenvalue weighted by molar-refractivity contribution is -0.125. The zero-order valence-electron chi connectivity index (χ0n) is 13.7. The van der Waals surface area contributed by atoms with Crippen molar-refractivity contribution in [1.82, 2.24) is 5.32 Å². The van der Waals surface area contributed by atoms with Crippen molar-refractivity contribution in [2.45, 2.75) is 39.2 Å². The fraction of sp³-hybridized carbons (Fsp3) is 0.471. The van der Waals surface area contributed by atoms with E-state index in [1.165, 1.54) is 0 Å². The van der Waals surface area contributed by atoms with Gasteiger partial charge in [0.05, 0.1) is 5.56 Å². The van der Waals surface area contributed by atoms with Crippen LogP contribution in [0.25, 0.3) is 0 Å². The lowest BCUT2D eigenvalue weighted by Gasteiger charge is -2.20. The number of esters is 1. The van der Waals surface area contributed by atoms with E-state index in [-0.39, 0.29) is 24.0 Å². The van der Waals surface area contributed by atoms with Crippen LogP contribution in [-0.2, 0) is 14.3 Å². The van der Waals surface area contributed by atoms with E-state index in [9.17, 15) is 14.4 Å². The lowest BCUT2D eigenvalue weighted by Crippen LogP contribution is -2.42. The van der Waals surface area contributed by atoms with Crippen LogP contribution in [0.2, 0.25) is 0 Å². The van der Waals surface area contributed by atoms with E-state index in [1.807, 2.05) is 20.8 Å². The fourth-order valence-electron chi connectivity index (χ4n) is 2.37. The van der Waals surface area contributed by atoms with Crippen LogP contribution in [0.4, 0.5) is 5.69 Å². The van der Waals surface area contributed by atoms with Gasteiger partial charge in [-0.15, -0.1) is 0 Å². The predicted molar refractivity (Wildman–Crippen MR) is 86.2 cm³/mol. The number of amides is 2. The molecular weight excluding hydrogens is 296 g/mol. The Labute approximate surface area is 135 Å². The van der Waals surface area contributed by atoms with Crippen LogP contribution < -0.4 is 10.2 Å². The van der Waals surface area contributed by atoms with Crippen LogP contribution in [0.3, 0.4) is 0 Å². The smallest absolute Gasteiger partial charge is 0.338 e. The summed E-state index contributed by atoms with van der Waals surface area (Å²) in [6.45, 7) is 5.94. The van der Waals surface area contributed by atoms with Crippen LogP contribution in [0.1, 0.15) is 44.0 Å². The van der Waals surface area contributed by atoms with Crippen LogP contribution in [0, 0.1) is 0 Å². The lowest BCUT2D eigenvalue weighted by atomic mass is 10.1. The SMILES string of the molecule is CC(C)(C)NC(=O)COC(=O)c1ccc(N2CCCC2=O)cc1. The minimum absolute atomic E-state index is 0.0965. The summed E-state index contributed by atoms with van der Waals surface area (Å²) in [5.41, 5.74) is 0.756. The Morgan fingerprint density at radius 2 is 1.87 bits per heavy atom. The van der Waals surface area contributed by atoms with Crippen molar-refractivity contribution in [3.8, 4) is 0 Å². The summed E-state index contributed by atoms with van der Waals surface area (Å²) >= 11 is 0. The maximum atomic E-state index is 11.9. The predicted octanol–water partition coefficient (Wildman–Crippen LogP) is 1.88. The Balaban J connectivity index is 1.90. The average molecular weight is 318 g/mol. The molecule has 0 aliphatic carbocycles. The Kier molecular flexibility index (Phi) is 5.03. The molecule has 0 saturated carbocycles. The standard InChI is InChI=1S/C17H22N2O4/c1-17(2,3)18-14(20)11-23-16(22)12-6-8-13(9-7-12)19-10-4-5-15(19)21/h6-9H,4-5,10-11H2,1-3H3,(H,18,20). The number of hydrogen-bond acceptors (Lipinski definition) is 4. The molecule has 0 aromatic heterocycles. The molecule has 1 saturated heterocycles. The quantitative estimate of drug-likeness (QED) is 0.860. The summed E-state index contributed by atoms with van der Waals surface area (Å²) in [4.78, 5) is 36.9. The van der Waals surface area contributed by atoms with E-state index in [0.717, 1.165) is 12.1 Å². The molecule has 0 unspecified atom stereocenters. The summed E-state index contributed by atoms with van der Waals surface area (Å²) in [5, 5.41) is 2.72. The molecule has 6 nitrogen and oxygen atoms in total. The van der Waals surface area contributed by atoms with Gasteiger partial charge in [0.15, 0.2) is 6.61 Å². The van der Waals surface area contributed by atoms with Gasteiger partial charge in [0.25, 0.3) is 5.91 Å². The molecule has 2 amide bonds. The summed E-state index contributed by atoms with van der Waals surface area (Å²) in [7, 11) is 0. The number of nitrogens with one attached hydrogen (secondary N) is 1. The van der Waals surface area contributed by atoms with Gasteiger partial charge < -0.3 is 15.0 Å². The molecule has 1 aliphatic rings. The molecule has 1 aromatic carbocycles. The third kappa shape index (κ3) is 4.81. The van der Waals surface area contributed by atoms with Crippen molar-refractivity contribution in [3.05, 3.63) is 29.8 Å². The third-order valence-corrected chi connectivity index (χ3v) is 3.34. The van der Waals surface area contributed by atoms with Crippen LogP contribution in [0.15, 0.2) is 24.3 Å². The first-order valence-corrected chi connectivity index (χ1v) is 7.65. The first-order chi connectivity index (χ1) is 10.8. The number of anilines is 1. The van der Waals surface area contributed by atoms with Crippen molar-refractivity contribution in [2.24, 2.45) is 0 Å². The van der Waals surface area contributed by atoms with E-state index in [4.69, 9.17) is 4.74 Å². The molecule has 23 heavy (non-hydrogen) atoms. The molecule has 6 heteroatoms. The van der Waals surface area contributed by atoms with Crippen LogP contribution in [0.5, 0.6) is 0 Å². The number of carbonyl (C=O) groups is 3. The largest absolute Gasteiger partial charge is 0.452 e. The van der Waals surface area contributed by atoms with Crippen molar-refractivity contribution in [1.29, 1.82) is 0 Å². The first kappa shape index (κ1) is 17.0. The van der Waals surface area contributed by atoms with Crippen molar-refractivity contribution < 1.29 is 19.1 Å². The number of nitrogens with zero attached hydrogens (tertiary/aromatic N) is 1. The topological polar surface area (TPSA) is 75.7 Å². The summed E-state index contributed by atoms with van der Waals surface area (Å²) in [6, 6.07) is 6.64. The molecule has 0 atom stereocenters. The first-order valence-electron chi connectivity index (χ1n) is 7.65. The van der Waals surface area contributed by atoms with E-state index < -0.39 is 5.97 Å². The Morgan fingerprint density at radius 1 is 1.22 bits per heavy atom. The molecular formula is C17H22N2O4. The summed E-state index contributed by atoms with van der Waals surface area (Å²) < 4.78 is 4.99. The molecule has 124 valence electrons. The van der Waals surface area contributed by atoms with E-state index >= 15 is 0 Å². The van der Waals surface area contributed by atoms with Gasteiger partial charge in [0.2, 0.25) is 5.91 Å². The molecule has 0 radical (unpaired) electrons. The monoisotopic (exact) mass is 318 g/mol. The highest BCUT2D eigenvalue weighted by Crippen LogP contribution is 2.21. The fourth-order valence-corrected chi connectivity index (χ4v) is 2.37. The van der Waals surface area contributed by atoms with E-state index in [0.29, 0.717) is 18.5 Å². The molecule has 0 bridgehead atoms. The second-order valence-corrected chi connectivity index (χ2v) is 6.57. The van der Waals surface area contributed by atoms with Gasteiger partial charge in [-0.3, -0.25) is 9.59 Å². The van der Waals surface area contributed by atoms with E-state index in [2.05, 4.69) is 5.32 Å². The van der Waals surface area contributed by atoms with Gasteiger partial charge in [-0.25, -0.2) is 4.79 Å². The minimum atomic E-state index is -0.562. The zero-order chi connectivity index (χ0) is 17.0. The normalized spacial score (nSPS) is 14.7. The summed E-state index contributed by atoms with van der Waals surface area (Å²) in [6.07, 6.45) is 1.41. The van der Waals surface area contributed by atoms with E-state index in [1.54, 1.807) is 29.2 Å². The highest BCUT2D eigenvalue weighted by molar-refractivity contribution is 5.96. The van der Waals surface area contributed by atoms with Crippen LogP contribution >= 0.6 is 0 Å². The number of benzene rings is 1. The third-order valence-electron chi connectivity index (χ3n) is 3.34. The van der Waals surface area contributed by atoms with Gasteiger partial charge in [-0.2, -0.15) is 0 Å². The molecule has 1 aliphatic heterocycles. The maximum absolute atomic E-state index is 11.9. The van der Waals surface area contributed by atoms with Gasteiger partial charge in [0.1, 0.15) is 0 Å². The second-order valence-electron chi connectivity index (χ2n) is 6.57. The number of carbonyl (C=O) groups excluding carboxylic acids is 3. The number of rotatable bonds is 4. The van der Waals surface area contributed by atoms with Crippen molar-refractivity contribution >= 4 is 23.5 Å². The maximum Gasteiger partial charge on any atom is 0.338 e. The van der Waals surface area contributed by atoms with Crippen LogP contribution in [-0.4, -0.2) is 36.5 Å². The number of ether oxygens (including phenoxy) is 1. The van der Waals surface area contributed by atoms with Gasteiger partial charge >= 0.3 is 5.97 Å². The molecule has 1 aromatic rings. The average Bonchev–Trinajstić information content (AvgIpc) is 2.89. The Bertz CT molecular complexity index is 602. The van der Waals surface area contributed by atoms with Gasteiger partial charge in [-0.05, 0) is 51.5 Å². The van der Waals surface area contributed by atoms with Crippen molar-refractivity contribution in [3.63, 3.8) is 0 Å². The minimum Gasteiger partial charge on any atom is -0.452 e. The number of hydrogen-bond donors (Lipinski definition) is 1. The molecule has 1 heterocycles. The molecule has 2 rings (SSSR count). The van der Waals surface area contributed by atoms with Crippen molar-refractivity contribution in [2.75, 3.05) is 18.1 Å². The molecule has 1 fully saturated rings. The van der Waals surface area contributed by atoms with Gasteiger partial charge in [-0.1, -0.05) is 0 Å². The Morgan fingerprint density at radius 3 is 2.39 bits per heavy atom.